The minimum atomic E-state index is -2.51. The quantitative estimate of drug-likeness (QED) is 0.0409. The topological polar surface area (TPSA) is 344 Å². The number of carbonyl (C=O) groups excluding carboxylic acids is 1. The van der Waals surface area contributed by atoms with Crippen LogP contribution in [0.5, 0.6) is 0 Å². The number of aldehydes is 1. The van der Waals surface area contributed by atoms with Crippen LogP contribution < -0.4 is 33.8 Å². The molecule has 14 atom stereocenters. The fraction of sp³-hybridized carbons (Fsp3) is 0.895. The van der Waals surface area contributed by atoms with Crippen LogP contribution in [0.2, 0.25) is 0 Å². The fourth-order valence-electron chi connectivity index (χ4n) is 4.09. The second-order valence-electron chi connectivity index (χ2n) is 9.06. The van der Waals surface area contributed by atoms with E-state index in [4.69, 9.17) is 54.1 Å². The lowest BCUT2D eigenvalue weighted by Gasteiger charge is -2.52. The highest BCUT2D eigenvalue weighted by Gasteiger charge is 2.58. The molecule has 0 spiro atoms. The molecule has 2 heterocycles. The minimum absolute atomic E-state index is 0.147. The third-order valence-corrected chi connectivity index (χ3v) is 6.46. The zero-order chi connectivity index (χ0) is 29.7. The summed E-state index contributed by atoms with van der Waals surface area (Å²) in [5, 5.41) is 80.7. The summed E-state index contributed by atoms with van der Waals surface area (Å²) >= 11 is 4.74. The molecule has 0 unspecified atom stereocenters. The number of nitrogens with two attached hydrogens (primary N) is 4. The molecule has 2 fully saturated rings. The Balaban J connectivity index is 2.42. The molecule has 2 saturated heterocycles. The van der Waals surface area contributed by atoms with Gasteiger partial charge in [0, 0.05) is 0 Å². The fourth-order valence-corrected chi connectivity index (χ4v) is 4.14. The molecule has 39 heavy (non-hydrogen) atoms. The van der Waals surface area contributed by atoms with Crippen molar-refractivity contribution in [2.75, 3.05) is 19.8 Å². The van der Waals surface area contributed by atoms with Crippen LogP contribution in [0.15, 0.2) is 0 Å². The highest BCUT2D eigenvalue weighted by atomic mass is 32.1. The lowest BCUT2D eigenvalue weighted by molar-refractivity contribution is -0.389. The second kappa shape index (κ2) is 14.6. The smallest absolute Gasteiger partial charge is 0.263 e. The third kappa shape index (κ3) is 7.52. The highest BCUT2D eigenvalue weighted by Crippen LogP contribution is 2.34. The van der Waals surface area contributed by atoms with Crippen molar-refractivity contribution in [1.29, 1.82) is 0 Å². The van der Waals surface area contributed by atoms with E-state index in [9.17, 15) is 45.6 Å². The molecule has 18 N–H and O–H groups in total. The van der Waals surface area contributed by atoms with Gasteiger partial charge in [0.25, 0.3) is 5.91 Å². The maximum Gasteiger partial charge on any atom is 0.263 e. The number of aliphatic hydroxyl groups is 8. The monoisotopic (exact) mass is 590 g/mol. The molecule has 0 aromatic carbocycles. The average molecular weight is 591 g/mol. The number of hydrazine groups is 1. The predicted molar refractivity (Wildman–Crippen MR) is 130 cm³/mol. The van der Waals surface area contributed by atoms with Gasteiger partial charge in [0.2, 0.25) is 0 Å². The maximum absolute atomic E-state index is 11.1. The van der Waals surface area contributed by atoms with Crippen LogP contribution in [-0.4, -0.2) is 157 Å². The first-order chi connectivity index (χ1) is 18.3. The summed E-state index contributed by atoms with van der Waals surface area (Å²) in [7, 11) is 0. The van der Waals surface area contributed by atoms with E-state index in [2.05, 4.69) is 10.9 Å². The van der Waals surface area contributed by atoms with Gasteiger partial charge in [0.1, 0.15) is 67.3 Å². The summed E-state index contributed by atoms with van der Waals surface area (Å²) < 4.78 is 22.5. The zero-order valence-corrected chi connectivity index (χ0v) is 21.4. The number of hydrogen-bond acceptors (Lipinski definition) is 18. The van der Waals surface area contributed by atoms with E-state index in [0.717, 1.165) is 0 Å². The third-order valence-electron chi connectivity index (χ3n) is 6.36. The van der Waals surface area contributed by atoms with Crippen LogP contribution in [0.1, 0.15) is 0 Å². The first-order valence-electron chi connectivity index (χ1n) is 11.7. The Morgan fingerprint density at radius 1 is 1.08 bits per heavy atom. The molecule has 0 aromatic rings. The molecule has 0 aliphatic carbocycles. The molecular formula is C19H38N6O13S. The zero-order valence-electron chi connectivity index (χ0n) is 20.5. The van der Waals surface area contributed by atoms with Crippen molar-refractivity contribution in [3.63, 3.8) is 0 Å². The number of carbonyl (C=O) groups is 1. The van der Waals surface area contributed by atoms with Crippen molar-refractivity contribution < 1.29 is 64.6 Å². The van der Waals surface area contributed by atoms with Crippen molar-refractivity contribution in [2.45, 2.75) is 85.3 Å². The predicted octanol–water partition coefficient (Wildman–Crippen LogP) is -9.17. The van der Waals surface area contributed by atoms with Gasteiger partial charge in [0.05, 0.1) is 31.9 Å². The number of rotatable bonds is 13. The molecule has 2 aliphatic heterocycles. The summed E-state index contributed by atoms with van der Waals surface area (Å²) in [5.41, 5.74) is 27.7. The lowest BCUT2D eigenvalue weighted by Crippen LogP contribution is -2.78. The Hall–Kier alpha value is -1.28. The maximum atomic E-state index is 11.1. The molecular weight excluding hydrogens is 552 g/mol. The van der Waals surface area contributed by atoms with E-state index in [1.54, 1.807) is 0 Å². The number of aliphatic hydroxyl groups excluding tert-OH is 8. The molecule has 19 nitrogen and oxygen atoms in total. The van der Waals surface area contributed by atoms with Gasteiger partial charge in [-0.1, -0.05) is 0 Å². The molecule has 20 heteroatoms. The van der Waals surface area contributed by atoms with E-state index in [-0.39, 0.29) is 6.29 Å². The first kappa shape index (κ1) is 33.9. The Bertz CT molecular complexity index is 805. The summed E-state index contributed by atoms with van der Waals surface area (Å²) in [6.45, 7) is -2.60. The number of hydrogen-bond donors (Lipinski definition) is 14. The lowest BCUT2D eigenvalue weighted by atomic mass is 9.93. The molecule has 0 radical (unpaired) electrons. The van der Waals surface area contributed by atoms with Gasteiger partial charge < -0.3 is 87.5 Å². The van der Waals surface area contributed by atoms with E-state index in [1.165, 1.54) is 0 Å². The molecule has 0 aromatic heterocycles. The summed E-state index contributed by atoms with van der Waals surface area (Å²) in [6.07, 6.45) is -16.5. The Kier molecular flexibility index (Phi) is 12.7. The first-order valence-corrected chi connectivity index (χ1v) is 12.1. The van der Waals surface area contributed by atoms with Gasteiger partial charge in [-0.3, -0.25) is 5.43 Å². The Morgan fingerprint density at radius 3 is 2.21 bits per heavy atom. The van der Waals surface area contributed by atoms with E-state index >= 15 is 0 Å². The van der Waals surface area contributed by atoms with Crippen molar-refractivity contribution >= 4 is 23.6 Å². The molecule has 2 aliphatic rings. The van der Waals surface area contributed by atoms with E-state index < -0.39 is 110 Å². The van der Waals surface area contributed by atoms with Crippen molar-refractivity contribution in [3.8, 4) is 0 Å². The molecule has 0 bridgehead atoms. The summed E-state index contributed by atoms with van der Waals surface area (Å²) in [5.74, 6) is -2.51. The van der Waals surface area contributed by atoms with Gasteiger partial charge in [0.15, 0.2) is 11.4 Å². The van der Waals surface area contributed by atoms with Gasteiger partial charge in [-0.05, 0) is 12.2 Å². The van der Waals surface area contributed by atoms with Crippen molar-refractivity contribution in [1.82, 2.24) is 10.9 Å². The summed E-state index contributed by atoms with van der Waals surface area (Å²) in [4.78, 5) is 11.1. The Labute approximate surface area is 227 Å². The molecule has 0 saturated carbocycles. The minimum Gasteiger partial charge on any atom is -0.394 e. The van der Waals surface area contributed by atoms with Gasteiger partial charge in [-0.2, -0.15) is 5.43 Å². The molecule has 2 rings (SSSR count). The van der Waals surface area contributed by atoms with Crippen molar-refractivity contribution in [2.24, 2.45) is 22.9 Å². The van der Waals surface area contributed by atoms with Crippen LogP contribution >= 0.6 is 12.2 Å². The highest BCUT2D eigenvalue weighted by molar-refractivity contribution is 7.80. The number of nitrogens with one attached hydrogen (secondary N) is 2. The van der Waals surface area contributed by atoms with Gasteiger partial charge in [-0.25, -0.2) is 0 Å². The number of ether oxygens (including phenoxy) is 4. The average Bonchev–Trinajstić information content (AvgIpc) is 2.93. The number of thiocarbonyl (C=S) groups is 1. The van der Waals surface area contributed by atoms with Crippen LogP contribution in [0.4, 0.5) is 0 Å². The summed E-state index contributed by atoms with van der Waals surface area (Å²) in [6, 6.07) is -4.76. The van der Waals surface area contributed by atoms with Crippen LogP contribution in [0.25, 0.3) is 0 Å². The molecule has 0 amide bonds. The van der Waals surface area contributed by atoms with Gasteiger partial charge >= 0.3 is 0 Å². The van der Waals surface area contributed by atoms with Crippen molar-refractivity contribution in [3.05, 3.63) is 0 Å². The SMILES string of the molecule is NC(=S)NN[C@]1(O[C@@H]([C@H](O)[C@@H](N)C=O)[C@H](O)CO)O[C@H](CO)[C@@H](O[C@@H]2O[C@H](CO)[C@@H](O)[C@H](O)[C@H]2N)[C@H](O)[C@H]1N. The standard InChI is InChI=1S/C19H38N6O13S/c20-5(1-26)10(31)14(6(30)2-27)38-19(25-24-18(23)39)16(22)13(34)15(8(4-29)37-19)36-17-9(21)12(33)11(32)7(3-28)35-17/h1,5-17,25,27-34H,2-4,20-22H2,(H3,23,24,39)/t5-,6+,7+,8+,9+,10+,11+,12+,13-,14+,15+,16+,17-,19-/m0/s1. The van der Waals surface area contributed by atoms with Crippen LogP contribution in [0, 0.1) is 0 Å². The largest absolute Gasteiger partial charge is 0.394 e. The molecule has 228 valence electrons. The van der Waals surface area contributed by atoms with E-state index in [0.29, 0.717) is 0 Å². The van der Waals surface area contributed by atoms with Crippen LogP contribution in [-0.2, 0) is 23.7 Å². The second-order valence-corrected chi connectivity index (χ2v) is 9.50. The van der Waals surface area contributed by atoms with Gasteiger partial charge in [-0.15, -0.1) is 0 Å². The normalized spacial score (nSPS) is 40.3. The van der Waals surface area contributed by atoms with E-state index in [1.807, 2.05) is 0 Å². The Morgan fingerprint density at radius 2 is 1.69 bits per heavy atom. The van der Waals surface area contributed by atoms with Crippen LogP contribution in [0.3, 0.4) is 0 Å².